The number of carbonyl (C=O) groups excluding carboxylic acids is 4. The summed E-state index contributed by atoms with van der Waals surface area (Å²) in [6.07, 6.45) is 0. The molecular weight excluding hydrogens is 392 g/mol. The SMILES string of the molecule is C[C@@]12C(=O)NC(=O)N3CCOc4ccccc4OCCN4C(=O)NC(=O)[C@@]1(C)[C@@H]4[C@H]32. The first-order valence-corrected chi connectivity index (χ1v) is 9.89. The number of hydrogen-bond donors (Lipinski definition) is 2. The Morgan fingerprint density at radius 3 is 1.60 bits per heavy atom. The number of amides is 6. The van der Waals surface area contributed by atoms with Crippen LogP contribution in [0.3, 0.4) is 0 Å². The van der Waals surface area contributed by atoms with Gasteiger partial charge in [0.1, 0.15) is 13.2 Å². The molecule has 4 aliphatic rings. The molecule has 0 unspecified atom stereocenters. The monoisotopic (exact) mass is 414 g/mol. The lowest BCUT2D eigenvalue weighted by molar-refractivity contribution is -0.214. The summed E-state index contributed by atoms with van der Waals surface area (Å²) in [5, 5.41) is 4.77. The normalized spacial score (nSPS) is 35.3. The molecular formula is C20H22N4O6. The van der Waals surface area contributed by atoms with Crippen LogP contribution in [-0.2, 0) is 9.59 Å². The van der Waals surface area contributed by atoms with Crippen LogP contribution in [0.2, 0.25) is 0 Å². The smallest absolute Gasteiger partial charge is 0.324 e. The molecule has 1 aromatic rings. The second kappa shape index (κ2) is 6.10. The summed E-state index contributed by atoms with van der Waals surface area (Å²) in [6.45, 7) is 4.05. The highest BCUT2D eigenvalue weighted by Gasteiger charge is 2.80. The van der Waals surface area contributed by atoms with E-state index in [0.717, 1.165) is 0 Å². The third kappa shape index (κ3) is 2.13. The van der Waals surface area contributed by atoms with Gasteiger partial charge in [0.15, 0.2) is 11.5 Å². The molecule has 158 valence electrons. The van der Waals surface area contributed by atoms with Crippen molar-refractivity contribution in [2.45, 2.75) is 25.9 Å². The van der Waals surface area contributed by atoms with E-state index in [1.807, 2.05) is 12.1 Å². The first-order valence-electron chi connectivity index (χ1n) is 9.89. The van der Waals surface area contributed by atoms with Crippen LogP contribution in [0.15, 0.2) is 24.3 Å². The number of rotatable bonds is 0. The fourth-order valence-corrected chi connectivity index (χ4v) is 5.38. The van der Waals surface area contributed by atoms with Crippen molar-refractivity contribution in [1.29, 1.82) is 0 Å². The largest absolute Gasteiger partial charge is 0.488 e. The number of hydrogen-bond acceptors (Lipinski definition) is 6. The molecule has 5 rings (SSSR count). The van der Waals surface area contributed by atoms with Crippen molar-refractivity contribution >= 4 is 23.9 Å². The predicted molar refractivity (Wildman–Crippen MR) is 102 cm³/mol. The second-order valence-electron chi connectivity index (χ2n) is 8.34. The molecule has 30 heavy (non-hydrogen) atoms. The van der Waals surface area contributed by atoms with Crippen LogP contribution in [0.4, 0.5) is 9.59 Å². The van der Waals surface area contributed by atoms with E-state index >= 15 is 0 Å². The van der Waals surface area contributed by atoms with Crippen molar-refractivity contribution in [3.8, 4) is 11.5 Å². The minimum Gasteiger partial charge on any atom is -0.488 e. The van der Waals surface area contributed by atoms with E-state index in [2.05, 4.69) is 10.6 Å². The fourth-order valence-electron chi connectivity index (χ4n) is 5.38. The maximum absolute atomic E-state index is 12.9. The van der Waals surface area contributed by atoms with Gasteiger partial charge in [0.05, 0.1) is 36.0 Å². The molecule has 0 bridgehead atoms. The Labute approximate surface area is 172 Å². The highest BCUT2D eigenvalue weighted by Crippen LogP contribution is 2.62. The van der Waals surface area contributed by atoms with Crippen molar-refractivity contribution in [1.82, 2.24) is 20.4 Å². The first-order chi connectivity index (χ1) is 14.3. The third-order valence-electron chi connectivity index (χ3n) is 7.17. The van der Waals surface area contributed by atoms with Gasteiger partial charge < -0.3 is 19.3 Å². The lowest BCUT2D eigenvalue weighted by Gasteiger charge is -2.71. The zero-order valence-corrected chi connectivity index (χ0v) is 16.6. The number of nitrogens with one attached hydrogen (secondary N) is 2. The van der Waals surface area contributed by atoms with Crippen molar-refractivity contribution in [3.05, 3.63) is 24.3 Å². The van der Waals surface area contributed by atoms with Crippen molar-refractivity contribution in [2.24, 2.45) is 10.8 Å². The summed E-state index contributed by atoms with van der Waals surface area (Å²) in [4.78, 5) is 54.2. The Balaban J connectivity index is 1.59. The van der Waals surface area contributed by atoms with Crippen LogP contribution in [-0.4, -0.2) is 72.1 Å². The van der Waals surface area contributed by atoms with E-state index in [1.54, 1.807) is 26.0 Å². The summed E-state index contributed by atoms with van der Waals surface area (Å²) in [6, 6.07) is 4.78. The van der Waals surface area contributed by atoms with Crippen LogP contribution in [0, 0.1) is 10.8 Å². The lowest BCUT2D eigenvalue weighted by Crippen LogP contribution is -2.91. The molecule has 10 nitrogen and oxygen atoms in total. The topological polar surface area (TPSA) is 117 Å². The zero-order chi connectivity index (χ0) is 21.3. The van der Waals surface area contributed by atoms with E-state index in [4.69, 9.17) is 9.47 Å². The van der Waals surface area contributed by atoms with Crippen molar-refractivity contribution in [3.63, 3.8) is 0 Å². The van der Waals surface area contributed by atoms with Crippen LogP contribution in [0.25, 0.3) is 0 Å². The Kier molecular flexibility index (Phi) is 3.80. The molecule has 6 amide bonds. The average molecular weight is 414 g/mol. The van der Waals surface area contributed by atoms with Gasteiger partial charge in [0, 0.05) is 0 Å². The van der Waals surface area contributed by atoms with E-state index in [-0.39, 0.29) is 26.3 Å². The minimum atomic E-state index is -1.18. The molecule has 10 heteroatoms. The minimum absolute atomic E-state index is 0.165. The number of ether oxygens (including phenoxy) is 2. The molecule has 3 fully saturated rings. The number of fused-ring (bicyclic) bond motifs is 2. The molecule has 3 heterocycles. The van der Waals surface area contributed by atoms with Crippen LogP contribution >= 0.6 is 0 Å². The molecule has 0 spiro atoms. The van der Waals surface area contributed by atoms with Gasteiger partial charge in [0.2, 0.25) is 11.8 Å². The van der Waals surface area contributed by atoms with E-state index in [9.17, 15) is 19.2 Å². The van der Waals surface area contributed by atoms with Crippen molar-refractivity contribution in [2.75, 3.05) is 26.3 Å². The maximum atomic E-state index is 12.9. The molecule has 1 saturated carbocycles. The third-order valence-corrected chi connectivity index (χ3v) is 7.17. The summed E-state index contributed by atoms with van der Waals surface area (Å²) >= 11 is 0. The van der Waals surface area contributed by atoms with Crippen molar-refractivity contribution < 1.29 is 28.7 Å². The number of para-hydroxylation sites is 2. The van der Waals surface area contributed by atoms with Gasteiger partial charge in [0.25, 0.3) is 0 Å². The van der Waals surface area contributed by atoms with Gasteiger partial charge in [-0.15, -0.1) is 0 Å². The molecule has 1 aromatic carbocycles. The molecule has 2 N–H and O–H groups in total. The summed E-state index contributed by atoms with van der Waals surface area (Å²) in [5.41, 5.74) is -2.37. The first kappa shape index (κ1) is 18.7. The Morgan fingerprint density at radius 1 is 0.800 bits per heavy atom. The van der Waals surface area contributed by atoms with E-state index in [0.29, 0.717) is 11.5 Å². The molecule has 3 aliphatic heterocycles. The van der Waals surface area contributed by atoms with Crippen LogP contribution in [0.1, 0.15) is 13.8 Å². The number of carbonyl (C=O) groups is 4. The summed E-state index contributed by atoms with van der Waals surface area (Å²) < 4.78 is 11.7. The Bertz CT molecular complexity index is 905. The summed E-state index contributed by atoms with van der Waals surface area (Å²) in [7, 11) is 0. The van der Waals surface area contributed by atoms with Crippen LogP contribution < -0.4 is 20.1 Å². The van der Waals surface area contributed by atoms with Crippen LogP contribution in [0.5, 0.6) is 11.5 Å². The fraction of sp³-hybridized carbons (Fsp3) is 0.500. The van der Waals surface area contributed by atoms with Gasteiger partial charge in [-0.1, -0.05) is 12.1 Å². The van der Waals surface area contributed by atoms with Gasteiger partial charge in [-0.3, -0.25) is 20.2 Å². The quantitative estimate of drug-likeness (QED) is 0.632. The molecule has 2 saturated heterocycles. The molecule has 0 aromatic heterocycles. The zero-order valence-electron chi connectivity index (χ0n) is 16.6. The maximum Gasteiger partial charge on any atom is 0.324 e. The number of urea groups is 2. The molecule has 1 aliphatic carbocycles. The van der Waals surface area contributed by atoms with Gasteiger partial charge in [-0.05, 0) is 26.0 Å². The predicted octanol–water partition coefficient (Wildman–Crippen LogP) is 0.325. The number of benzene rings is 1. The summed E-state index contributed by atoms with van der Waals surface area (Å²) in [5.74, 6) is 0.0447. The lowest BCUT2D eigenvalue weighted by atomic mass is 9.42. The number of imide groups is 2. The second-order valence-corrected chi connectivity index (χ2v) is 8.34. The number of nitrogens with zero attached hydrogens (tertiary/aromatic N) is 2. The molecule has 4 atom stereocenters. The highest BCUT2D eigenvalue weighted by molar-refractivity contribution is 6.10. The highest BCUT2D eigenvalue weighted by atomic mass is 16.5. The van der Waals surface area contributed by atoms with E-state index in [1.165, 1.54) is 9.80 Å². The van der Waals surface area contributed by atoms with Gasteiger partial charge in [-0.2, -0.15) is 0 Å². The van der Waals surface area contributed by atoms with Gasteiger partial charge >= 0.3 is 12.1 Å². The average Bonchev–Trinajstić information content (AvgIpc) is 2.70. The Morgan fingerprint density at radius 2 is 1.20 bits per heavy atom. The standard InChI is InChI=1S/C20H22N4O6/c1-19-13-14-20(19,2)16(26)22-18(28)24(14)8-10-30-12-6-4-3-5-11(12)29-9-7-23(13)17(27)21-15(19)25/h3-6,13-14H,7-10H2,1-2H3,(H,21,25,27)(H,22,26,28)/t13-,14-,19+,20+/m0/s1. The Hall–Kier alpha value is -3.30. The molecule has 0 radical (unpaired) electrons. The van der Waals surface area contributed by atoms with E-state index < -0.39 is 46.8 Å². The van der Waals surface area contributed by atoms with Gasteiger partial charge in [-0.25, -0.2) is 9.59 Å².